The maximum absolute atomic E-state index is 9.77. The number of H-pyrrole nitrogens is 1. The molecule has 1 atom stereocenters. The highest BCUT2D eigenvalue weighted by Gasteiger charge is 2.14. The van der Waals surface area contributed by atoms with Crippen molar-refractivity contribution in [3.8, 4) is 0 Å². The summed E-state index contributed by atoms with van der Waals surface area (Å²) in [5, 5.41) is 10.9. The summed E-state index contributed by atoms with van der Waals surface area (Å²) in [6, 6.07) is 4.28. The zero-order valence-corrected chi connectivity index (χ0v) is 9.68. The molecule has 0 aliphatic heterocycles. The van der Waals surface area contributed by atoms with Crippen molar-refractivity contribution in [1.82, 2.24) is 4.98 Å². The molecule has 0 bridgehead atoms. The number of hydrogen-bond donors (Lipinski definition) is 2. The summed E-state index contributed by atoms with van der Waals surface area (Å²) in [5.74, 6) is 0. The van der Waals surface area contributed by atoms with Gasteiger partial charge in [-0.3, -0.25) is 0 Å². The Kier molecular flexibility index (Phi) is 2.31. The molecule has 2 heteroatoms. The predicted molar refractivity (Wildman–Crippen MR) is 63.1 cm³/mol. The van der Waals surface area contributed by atoms with Crippen LogP contribution in [0.1, 0.15) is 35.4 Å². The number of aliphatic hydroxyl groups excluding tert-OH is 1. The topological polar surface area (TPSA) is 36.0 Å². The van der Waals surface area contributed by atoms with Gasteiger partial charge in [-0.25, -0.2) is 0 Å². The van der Waals surface area contributed by atoms with Crippen LogP contribution < -0.4 is 0 Å². The van der Waals surface area contributed by atoms with Gasteiger partial charge in [0.05, 0.1) is 6.10 Å². The third-order valence-electron chi connectivity index (χ3n) is 2.89. The highest BCUT2D eigenvalue weighted by molar-refractivity contribution is 5.88. The van der Waals surface area contributed by atoms with Gasteiger partial charge < -0.3 is 10.1 Å². The van der Waals surface area contributed by atoms with E-state index < -0.39 is 6.10 Å². The SMILES string of the molecule is Cc1cc(C)c2c(C(C)O)c(C)[nH]c2c1. The average molecular weight is 203 g/mol. The standard InChI is InChI=1S/C13H17NO/c1-7-5-8(2)12-11(6-7)14-9(3)13(12)10(4)15/h5-6,10,14-15H,1-4H3. The van der Waals surface area contributed by atoms with E-state index in [4.69, 9.17) is 0 Å². The van der Waals surface area contributed by atoms with E-state index in [0.29, 0.717) is 0 Å². The molecule has 1 unspecified atom stereocenters. The maximum atomic E-state index is 9.77. The summed E-state index contributed by atoms with van der Waals surface area (Å²) >= 11 is 0. The molecular weight excluding hydrogens is 186 g/mol. The molecule has 80 valence electrons. The molecule has 1 heterocycles. The zero-order valence-electron chi connectivity index (χ0n) is 9.68. The summed E-state index contributed by atoms with van der Waals surface area (Å²) in [6.07, 6.45) is -0.417. The van der Waals surface area contributed by atoms with E-state index in [0.717, 1.165) is 16.8 Å². The molecule has 2 N–H and O–H groups in total. The Morgan fingerprint density at radius 2 is 1.87 bits per heavy atom. The van der Waals surface area contributed by atoms with Crippen LogP contribution in [0, 0.1) is 20.8 Å². The monoisotopic (exact) mass is 203 g/mol. The third-order valence-corrected chi connectivity index (χ3v) is 2.89. The molecule has 0 amide bonds. The lowest BCUT2D eigenvalue weighted by molar-refractivity contribution is 0.200. The fraction of sp³-hybridized carbons (Fsp3) is 0.385. The summed E-state index contributed by atoms with van der Waals surface area (Å²) in [7, 11) is 0. The first-order chi connectivity index (χ1) is 7.00. The summed E-state index contributed by atoms with van der Waals surface area (Å²) in [5.41, 5.74) is 5.70. The van der Waals surface area contributed by atoms with Crippen molar-refractivity contribution in [2.45, 2.75) is 33.8 Å². The second kappa shape index (κ2) is 3.38. The molecule has 2 nitrogen and oxygen atoms in total. The van der Waals surface area contributed by atoms with Gasteiger partial charge in [0.2, 0.25) is 0 Å². The highest BCUT2D eigenvalue weighted by Crippen LogP contribution is 2.30. The molecule has 1 aromatic carbocycles. The zero-order chi connectivity index (χ0) is 11.2. The molecular formula is C13H17NO. The number of nitrogens with one attached hydrogen (secondary N) is 1. The van der Waals surface area contributed by atoms with Crippen LogP contribution >= 0.6 is 0 Å². The molecule has 0 aliphatic rings. The second-order valence-electron chi connectivity index (χ2n) is 4.34. The minimum atomic E-state index is -0.417. The number of fused-ring (bicyclic) bond motifs is 1. The molecule has 15 heavy (non-hydrogen) atoms. The number of aromatic nitrogens is 1. The van der Waals surface area contributed by atoms with Crippen molar-refractivity contribution in [1.29, 1.82) is 0 Å². The summed E-state index contributed by atoms with van der Waals surface area (Å²) in [4.78, 5) is 3.33. The molecule has 0 fully saturated rings. The van der Waals surface area contributed by atoms with E-state index in [9.17, 15) is 5.11 Å². The minimum absolute atomic E-state index is 0.417. The average Bonchev–Trinajstić information content (AvgIpc) is 2.40. The number of rotatable bonds is 1. The first-order valence-corrected chi connectivity index (χ1v) is 5.28. The van der Waals surface area contributed by atoms with Crippen molar-refractivity contribution >= 4 is 10.9 Å². The lowest BCUT2D eigenvalue weighted by Gasteiger charge is -2.06. The van der Waals surface area contributed by atoms with Gasteiger partial charge in [0.1, 0.15) is 0 Å². The first-order valence-electron chi connectivity index (χ1n) is 5.28. The molecule has 0 aliphatic carbocycles. The fourth-order valence-corrected chi connectivity index (χ4v) is 2.40. The first kappa shape index (κ1) is 10.2. The number of benzene rings is 1. The van der Waals surface area contributed by atoms with Gasteiger partial charge in [0.25, 0.3) is 0 Å². The fourth-order valence-electron chi connectivity index (χ4n) is 2.40. The Labute approximate surface area is 89.9 Å². The quantitative estimate of drug-likeness (QED) is 0.733. The van der Waals surface area contributed by atoms with E-state index in [1.54, 1.807) is 0 Å². The molecule has 2 aromatic rings. The predicted octanol–water partition coefficient (Wildman–Crippen LogP) is 3.15. The van der Waals surface area contributed by atoms with Crippen LogP contribution in [0.25, 0.3) is 10.9 Å². The van der Waals surface area contributed by atoms with Crippen LogP contribution in [0.3, 0.4) is 0 Å². The molecule has 0 radical (unpaired) electrons. The summed E-state index contributed by atoms with van der Waals surface area (Å²) in [6.45, 7) is 8.00. The lowest BCUT2D eigenvalue weighted by Crippen LogP contribution is -1.93. The molecule has 2 rings (SSSR count). The Bertz CT molecular complexity index is 509. The van der Waals surface area contributed by atoms with Crippen molar-refractivity contribution in [3.05, 3.63) is 34.5 Å². The number of aliphatic hydroxyl groups is 1. The van der Waals surface area contributed by atoms with Gasteiger partial charge in [0.15, 0.2) is 0 Å². The van der Waals surface area contributed by atoms with Crippen molar-refractivity contribution in [2.24, 2.45) is 0 Å². The van der Waals surface area contributed by atoms with Crippen molar-refractivity contribution in [3.63, 3.8) is 0 Å². The number of aryl methyl sites for hydroxylation is 3. The molecule has 1 aromatic heterocycles. The molecule has 0 saturated heterocycles. The van der Waals surface area contributed by atoms with Gasteiger partial charge in [-0.15, -0.1) is 0 Å². The Hall–Kier alpha value is -1.28. The van der Waals surface area contributed by atoms with Crippen LogP contribution in [-0.2, 0) is 0 Å². The van der Waals surface area contributed by atoms with Gasteiger partial charge in [-0.2, -0.15) is 0 Å². The van der Waals surface area contributed by atoms with E-state index in [1.807, 2.05) is 13.8 Å². The van der Waals surface area contributed by atoms with Gasteiger partial charge in [-0.1, -0.05) is 6.07 Å². The molecule has 0 saturated carbocycles. The van der Waals surface area contributed by atoms with Gasteiger partial charge in [-0.05, 0) is 44.9 Å². The largest absolute Gasteiger partial charge is 0.389 e. The molecule has 0 spiro atoms. The van der Waals surface area contributed by atoms with Crippen molar-refractivity contribution in [2.75, 3.05) is 0 Å². The van der Waals surface area contributed by atoms with E-state index >= 15 is 0 Å². The van der Waals surface area contributed by atoms with E-state index in [-0.39, 0.29) is 0 Å². The van der Waals surface area contributed by atoms with Crippen molar-refractivity contribution < 1.29 is 5.11 Å². The van der Waals surface area contributed by atoms with Crippen LogP contribution in [0.4, 0.5) is 0 Å². The smallest absolute Gasteiger partial charge is 0.0785 e. The van der Waals surface area contributed by atoms with Crippen LogP contribution in [0.2, 0.25) is 0 Å². The third kappa shape index (κ3) is 1.55. The van der Waals surface area contributed by atoms with Gasteiger partial charge >= 0.3 is 0 Å². The van der Waals surface area contributed by atoms with Crippen LogP contribution in [0.5, 0.6) is 0 Å². The Morgan fingerprint density at radius 3 is 2.47 bits per heavy atom. The Balaban J connectivity index is 2.87. The van der Waals surface area contributed by atoms with E-state index in [2.05, 4.69) is 31.0 Å². The van der Waals surface area contributed by atoms with Gasteiger partial charge in [0, 0.05) is 22.2 Å². The number of hydrogen-bond acceptors (Lipinski definition) is 1. The van der Waals surface area contributed by atoms with Crippen LogP contribution in [-0.4, -0.2) is 10.1 Å². The second-order valence-corrected chi connectivity index (χ2v) is 4.34. The maximum Gasteiger partial charge on any atom is 0.0785 e. The highest BCUT2D eigenvalue weighted by atomic mass is 16.3. The normalized spacial score (nSPS) is 13.4. The Morgan fingerprint density at radius 1 is 1.20 bits per heavy atom. The summed E-state index contributed by atoms with van der Waals surface area (Å²) < 4.78 is 0. The number of aromatic amines is 1. The van der Waals surface area contributed by atoms with E-state index in [1.165, 1.54) is 16.5 Å². The van der Waals surface area contributed by atoms with Crippen LogP contribution in [0.15, 0.2) is 12.1 Å². The lowest BCUT2D eigenvalue weighted by atomic mass is 10.0. The minimum Gasteiger partial charge on any atom is -0.389 e.